The van der Waals surface area contributed by atoms with Crippen molar-refractivity contribution >= 4 is 0 Å². The van der Waals surface area contributed by atoms with E-state index in [9.17, 15) is 4.39 Å². The Balaban J connectivity index is 2.38. The molecule has 0 fully saturated rings. The van der Waals surface area contributed by atoms with E-state index >= 15 is 0 Å². The molecule has 0 aliphatic heterocycles. The third-order valence-electron chi connectivity index (χ3n) is 3.44. The van der Waals surface area contributed by atoms with Crippen LogP contribution in [0.4, 0.5) is 4.39 Å². The van der Waals surface area contributed by atoms with Crippen LogP contribution in [0.5, 0.6) is 0 Å². The maximum atomic E-state index is 14.4. The molecule has 1 aromatic carbocycles. The summed E-state index contributed by atoms with van der Waals surface area (Å²) in [5.74, 6) is -0.134. The molecular formula is C16H22FN3. The molecule has 1 heterocycles. The molecule has 2 rings (SSSR count). The molecule has 108 valence electrons. The number of hydrogen-bond donors (Lipinski definition) is 1. The maximum Gasteiger partial charge on any atom is 0.131 e. The highest BCUT2D eigenvalue weighted by Crippen LogP contribution is 2.25. The molecule has 0 radical (unpaired) electrons. The fraction of sp³-hybridized carbons (Fsp3) is 0.438. The summed E-state index contributed by atoms with van der Waals surface area (Å²) >= 11 is 0. The van der Waals surface area contributed by atoms with Gasteiger partial charge in [0, 0.05) is 23.9 Å². The molecule has 0 amide bonds. The van der Waals surface area contributed by atoms with E-state index in [-0.39, 0.29) is 11.9 Å². The summed E-state index contributed by atoms with van der Waals surface area (Å²) in [6.07, 6.45) is 4.81. The summed E-state index contributed by atoms with van der Waals surface area (Å²) in [5.41, 5.74) is 2.37. The van der Waals surface area contributed by atoms with Gasteiger partial charge in [0.05, 0.1) is 12.2 Å². The molecule has 1 unspecified atom stereocenters. The Bertz CT molecular complexity index is 563. The Morgan fingerprint density at radius 2 is 2.15 bits per heavy atom. The number of rotatable bonds is 6. The van der Waals surface area contributed by atoms with Crippen LogP contribution in [0.25, 0.3) is 0 Å². The van der Waals surface area contributed by atoms with Gasteiger partial charge in [-0.15, -0.1) is 0 Å². The van der Waals surface area contributed by atoms with Gasteiger partial charge in [-0.1, -0.05) is 25.1 Å². The van der Waals surface area contributed by atoms with Crippen LogP contribution in [0.1, 0.15) is 43.0 Å². The largest absolute Gasteiger partial charge is 0.306 e. The van der Waals surface area contributed by atoms with Gasteiger partial charge in [0.25, 0.3) is 0 Å². The first kappa shape index (κ1) is 14.7. The van der Waals surface area contributed by atoms with Gasteiger partial charge in [0.2, 0.25) is 0 Å². The molecule has 0 spiro atoms. The molecule has 1 atom stereocenters. The van der Waals surface area contributed by atoms with E-state index < -0.39 is 0 Å². The van der Waals surface area contributed by atoms with Crippen molar-refractivity contribution in [3.63, 3.8) is 0 Å². The number of benzene rings is 1. The quantitative estimate of drug-likeness (QED) is 0.875. The van der Waals surface area contributed by atoms with E-state index in [1.807, 2.05) is 36.1 Å². The first-order valence-electron chi connectivity index (χ1n) is 7.18. The Hall–Kier alpha value is -1.68. The van der Waals surface area contributed by atoms with Gasteiger partial charge in [0.15, 0.2) is 0 Å². The number of nitrogens with one attached hydrogen (secondary N) is 1. The number of aryl methyl sites for hydroxylation is 2. The molecule has 4 heteroatoms. The summed E-state index contributed by atoms with van der Waals surface area (Å²) < 4.78 is 16.3. The third-order valence-corrected chi connectivity index (χ3v) is 3.44. The zero-order valence-electron chi connectivity index (χ0n) is 12.4. The van der Waals surface area contributed by atoms with Crippen molar-refractivity contribution in [1.82, 2.24) is 15.1 Å². The molecule has 2 aromatic rings. The number of hydrogen-bond acceptors (Lipinski definition) is 2. The second kappa shape index (κ2) is 6.66. The fourth-order valence-electron chi connectivity index (χ4n) is 2.29. The van der Waals surface area contributed by atoms with E-state index in [4.69, 9.17) is 0 Å². The first-order chi connectivity index (χ1) is 9.67. The summed E-state index contributed by atoms with van der Waals surface area (Å²) in [6.45, 7) is 7.60. The van der Waals surface area contributed by atoms with Crippen molar-refractivity contribution in [3.8, 4) is 0 Å². The van der Waals surface area contributed by atoms with Crippen LogP contribution in [-0.4, -0.2) is 16.3 Å². The van der Waals surface area contributed by atoms with Gasteiger partial charge in [0.1, 0.15) is 5.82 Å². The Morgan fingerprint density at radius 3 is 2.80 bits per heavy atom. The van der Waals surface area contributed by atoms with Gasteiger partial charge in [-0.05, 0) is 32.4 Å². The van der Waals surface area contributed by atoms with Crippen molar-refractivity contribution < 1.29 is 4.39 Å². The van der Waals surface area contributed by atoms with E-state index in [0.29, 0.717) is 11.1 Å². The molecule has 20 heavy (non-hydrogen) atoms. The van der Waals surface area contributed by atoms with Crippen LogP contribution < -0.4 is 5.32 Å². The number of halogens is 1. The summed E-state index contributed by atoms with van der Waals surface area (Å²) in [4.78, 5) is 0. The normalized spacial score (nSPS) is 12.6. The van der Waals surface area contributed by atoms with Crippen LogP contribution in [0.3, 0.4) is 0 Å². The summed E-state index contributed by atoms with van der Waals surface area (Å²) in [5, 5.41) is 7.71. The minimum atomic E-state index is -0.143. The summed E-state index contributed by atoms with van der Waals surface area (Å²) in [6, 6.07) is 5.40. The van der Waals surface area contributed by atoms with Crippen molar-refractivity contribution in [3.05, 3.63) is 53.1 Å². The lowest BCUT2D eigenvalue weighted by Gasteiger charge is -2.19. The van der Waals surface area contributed by atoms with E-state index in [0.717, 1.165) is 25.1 Å². The highest BCUT2D eigenvalue weighted by molar-refractivity contribution is 5.33. The van der Waals surface area contributed by atoms with Crippen LogP contribution in [0.15, 0.2) is 30.6 Å². The molecule has 0 saturated heterocycles. The molecule has 0 aliphatic rings. The van der Waals surface area contributed by atoms with Gasteiger partial charge >= 0.3 is 0 Å². The highest BCUT2D eigenvalue weighted by atomic mass is 19.1. The SMILES string of the molecule is CCCNC(c1cnn(CC)c1)c1cccc(C)c1F. The van der Waals surface area contributed by atoms with E-state index in [1.165, 1.54) is 0 Å². The molecule has 0 aliphatic carbocycles. The number of aromatic nitrogens is 2. The molecule has 0 bridgehead atoms. The summed E-state index contributed by atoms with van der Waals surface area (Å²) in [7, 11) is 0. The van der Waals surface area contributed by atoms with Crippen molar-refractivity contribution in [2.45, 2.75) is 39.8 Å². The van der Waals surface area contributed by atoms with Crippen molar-refractivity contribution in [2.75, 3.05) is 6.54 Å². The van der Waals surface area contributed by atoms with Crippen LogP contribution in [0.2, 0.25) is 0 Å². The average molecular weight is 275 g/mol. The second-order valence-electron chi connectivity index (χ2n) is 4.99. The zero-order valence-corrected chi connectivity index (χ0v) is 12.4. The monoisotopic (exact) mass is 275 g/mol. The lowest BCUT2D eigenvalue weighted by atomic mass is 9.99. The van der Waals surface area contributed by atoms with Crippen LogP contribution in [0, 0.1) is 12.7 Å². The Morgan fingerprint density at radius 1 is 1.35 bits per heavy atom. The van der Waals surface area contributed by atoms with Gasteiger partial charge in [-0.25, -0.2) is 4.39 Å². The predicted molar refractivity (Wildman–Crippen MR) is 79.2 cm³/mol. The van der Waals surface area contributed by atoms with E-state index in [1.54, 1.807) is 13.0 Å². The van der Waals surface area contributed by atoms with Crippen LogP contribution in [-0.2, 0) is 6.54 Å². The lowest BCUT2D eigenvalue weighted by molar-refractivity contribution is 0.541. The van der Waals surface area contributed by atoms with E-state index in [2.05, 4.69) is 17.3 Å². The first-order valence-corrected chi connectivity index (χ1v) is 7.18. The Kier molecular flexibility index (Phi) is 4.90. The third kappa shape index (κ3) is 3.07. The predicted octanol–water partition coefficient (Wildman–Crippen LogP) is 3.44. The van der Waals surface area contributed by atoms with Crippen LogP contribution >= 0.6 is 0 Å². The molecular weight excluding hydrogens is 253 g/mol. The molecule has 1 aromatic heterocycles. The molecule has 3 nitrogen and oxygen atoms in total. The second-order valence-corrected chi connectivity index (χ2v) is 4.99. The van der Waals surface area contributed by atoms with Crippen molar-refractivity contribution in [2.24, 2.45) is 0 Å². The van der Waals surface area contributed by atoms with Crippen molar-refractivity contribution in [1.29, 1.82) is 0 Å². The fourth-order valence-corrected chi connectivity index (χ4v) is 2.29. The lowest BCUT2D eigenvalue weighted by Crippen LogP contribution is -2.24. The molecule has 0 saturated carbocycles. The minimum Gasteiger partial charge on any atom is -0.306 e. The zero-order chi connectivity index (χ0) is 14.5. The number of nitrogens with zero attached hydrogens (tertiary/aromatic N) is 2. The Labute approximate surface area is 119 Å². The van der Waals surface area contributed by atoms with Gasteiger partial charge < -0.3 is 5.32 Å². The van der Waals surface area contributed by atoms with Gasteiger partial charge in [-0.2, -0.15) is 5.10 Å². The smallest absolute Gasteiger partial charge is 0.131 e. The average Bonchev–Trinajstić information content (AvgIpc) is 2.92. The topological polar surface area (TPSA) is 29.9 Å². The minimum absolute atomic E-state index is 0.134. The standard InChI is InChI=1S/C16H22FN3/c1-4-9-18-16(13-10-19-20(5-2)11-13)14-8-6-7-12(3)15(14)17/h6-8,10-11,16,18H,4-5,9H2,1-3H3. The van der Waals surface area contributed by atoms with Gasteiger partial charge in [-0.3, -0.25) is 4.68 Å². The maximum absolute atomic E-state index is 14.4. The molecule has 1 N–H and O–H groups in total. The highest BCUT2D eigenvalue weighted by Gasteiger charge is 2.19.